The molecular weight excluding hydrogens is 1470 g/mol. The van der Waals surface area contributed by atoms with Gasteiger partial charge in [-0.2, -0.15) is 0 Å². The average Bonchev–Trinajstić information content (AvgIpc) is 0.731. The van der Waals surface area contributed by atoms with Crippen LogP contribution in [-0.2, 0) is 49.8 Å². The maximum atomic E-state index is 13.6. The first kappa shape index (κ1) is 76.0. The van der Waals surface area contributed by atoms with Gasteiger partial charge in [0.05, 0.1) is 39.6 Å². The van der Waals surface area contributed by atoms with Crippen molar-refractivity contribution >= 4 is 0 Å². The van der Waals surface area contributed by atoms with Crippen LogP contribution in [0.1, 0.15) is 93.6 Å². The molecule has 0 aliphatic carbocycles. The number of aryl methyl sites for hydroxylation is 5. The van der Waals surface area contributed by atoms with Gasteiger partial charge in [-0.25, -0.2) is 13.2 Å². The maximum Gasteiger partial charge on any atom is 0.181 e. The van der Waals surface area contributed by atoms with Crippen LogP contribution in [-0.4, -0.2) is 60.1 Å². The Balaban J connectivity index is 0.000000101. The summed E-state index contributed by atoms with van der Waals surface area (Å²) in [6, 6.07) is 77.2. The number of rotatable bonds is 3. The summed E-state index contributed by atoms with van der Waals surface area (Å²) >= 11 is 0. The zero-order chi connectivity index (χ0) is 80.5. The van der Waals surface area contributed by atoms with Crippen molar-refractivity contribution in [3.8, 4) is 130 Å². The van der Waals surface area contributed by atoms with Crippen LogP contribution in [0.5, 0.6) is 63.2 Å². The molecule has 13 aromatic carbocycles. The van der Waals surface area contributed by atoms with Gasteiger partial charge in [0.2, 0.25) is 0 Å². The Morgan fingerprint density at radius 3 is 1.37 bits per heavy atom. The fraction of sp³-hybridized carbons (Fsp3) is 0.212. The highest BCUT2D eigenvalue weighted by molar-refractivity contribution is 5.83. The Morgan fingerprint density at radius 1 is 0.353 bits per heavy atom. The van der Waals surface area contributed by atoms with E-state index in [2.05, 4.69) is 98.8 Å². The molecule has 4 N–H and O–H groups in total. The number of benzene rings is 13. The van der Waals surface area contributed by atoms with Gasteiger partial charge >= 0.3 is 0 Å². The summed E-state index contributed by atoms with van der Waals surface area (Å²) in [4.78, 5) is 0. The summed E-state index contributed by atoms with van der Waals surface area (Å²) < 4.78 is 98.5. The zero-order valence-electron chi connectivity index (χ0n) is 65.3. The molecule has 9 aliphatic heterocycles. The fourth-order valence-electron chi connectivity index (χ4n) is 16.3. The molecule has 3 spiro atoms. The van der Waals surface area contributed by atoms with Crippen LogP contribution in [0.3, 0.4) is 0 Å². The lowest BCUT2D eigenvalue weighted by Crippen LogP contribution is -2.53. The van der Waals surface area contributed by atoms with Gasteiger partial charge in [-0.3, -0.25) is 0 Å². The molecule has 13 aromatic rings. The number of halogens is 3. The van der Waals surface area contributed by atoms with Gasteiger partial charge in [0, 0.05) is 91.5 Å². The molecule has 0 amide bonds. The third kappa shape index (κ3) is 14.4. The van der Waals surface area contributed by atoms with E-state index in [9.17, 15) is 33.6 Å². The van der Waals surface area contributed by atoms with E-state index < -0.39 is 23.1 Å². The predicted molar refractivity (Wildman–Crippen MR) is 439 cm³/mol. The van der Waals surface area contributed by atoms with Crippen LogP contribution in [0.25, 0.3) is 66.8 Å². The molecule has 3 saturated heterocycles. The number of phenolic OH excluding ortho intramolecular Hbond substituents is 4. The van der Waals surface area contributed by atoms with Crippen LogP contribution >= 0.6 is 0 Å². The molecular formula is C99H85F3O14. The van der Waals surface area contributed by atoms with E-state index in [-0.39, 0.29) is 45.9 Å². The largest absolute Gasteiger partial charge is 0.508 e. The fourth-order valence-corrected chi connectivity index (χ4v) is 16.3. The van der Waals surface area contributed by atoms with Crippen molar-refractivity contribution in [2.45, 2.75) is 97.1 Å². The van der Waals surface area contributed by atoms with Crippen molar-refractivity contribution in [1.29, 1.82) is 0 Å². The molecule has 9 heterocycles. The minimum Gasteiger partial charge on any atom is -0.508 e. The average molecular weight is 1560 g/mol. The van der Waals surface area contributed by atoms with Crippen molar-refractivity contribution < 1.29 is 81.0 Å². The summed E-state index contributed by atoms with van der Waals surface area (Å²) in [5.74, 6) is 2.17. The monoisotopic (exact) mass is 1550 g/mol. The smallest absolute Gasteiger partial charge is 0.181 e. The van der Waals surface area contributed by atoms with E-state index in [4.69, 9.17) is 47.4 Å². The molecule has 9 aliphatic rings. The van der Waals surface area contributed by atoms with Crippen molar-refractivity contribution in [3.05, 3.63) is 327 Å². The summed E-state index contributed by atoms with van der Waals surface area (Å²) in [6.45, 7) is 20.8. The predicted octanol–water partition coefficient (Wildman–Crippen LogP) is 22.3. The molecule has 17 heteroatoms. The highest BCUT2D eigenvalue weighted by Crippen LogP contribution is 2.54. The number of aromatic hydroxyl groups is 4. The van der Waals surface area contributed by atoms with Gasteiger partial charge < -0.3 is 67.8 Å². The number of hydrogen-bond donors (Lipinski definition) is 4. The van der Waals surface area contributed by atoms with Crippen molar-refractivity contribution in [3.63, 3.8) is 0 Å². The second kappa shape index (κ2) is 30.3. The molecule has 116 heavy (non-hydrogen) atoms. The van der Waals surface area contributed by atoms with Crippen molar-refractivity contribution in [1.82, 2.24) is 0 Å². The van der Waals surface area contributed by atoms with Crippen LogP contribution < -0.4 is 33.2 Å². The first-order valence-corrected chi connectivity index (χ1v) is 38.6. The molecule has 0 aromatic heterocycles. The third-order valence-electron chi connectivity index (χ3n) is 22.4. The van der Waals surface area contributed by atoms with Gasteiger partial charge in [0.1, 0.15) is 70.9 Å². The Morgan fingerprint density at radius 2 is 0.776 bits per heavy atom. The second-order valence-corrected chi connectivity index (χ2v) is 31.4. The van der Waals surface area contributed by atoms with Crippen LogP contribution in [0.2, 0.25) is 0 Å². The SMILES string of the molecule is Cc1ccc2c(c1)C(C)(C)Oc1cc(O)c(F)cc1-2.Cc1ccc2c(c1)C(C)Oc1cc(O)c(F)cc1-2.Cc1ccc2c(c1)C1(COC1)Oc1cc(OCc3ccccc3)ccc1-2.Cc1ccc2c(c1)C1(COC1)Oc1ccccc1-2.Cc1ccc2c(c1)COc1cc(O)c(F)cc1-2.Oc1ccc2c(c1)OC1(COC1)c1ccccc1-2. The number of fused-ring (bicyclic) bond motifs is 21. The lowest BCUT2D eigenvalue weighted by molar-refractivity contribution is -0.169. The number of phenols is 4. The van der Waals surface area contributed by atoms with Gasteiger partial charge in [-0.05, 0) is 148 Å². The highest BCUT2D eigenvalue weighted by Gasteiger charge is 2.50. The lowest BCUT2D eigenvalue weighted by atomic mass is 9.82. The van der Waals surface area contributed by atoms with Gasteiger partial charge in [-0.1, -0.05) is 192 Å². The molecule has 586 valence electrons. The second-order valence-electron chi connectivity index (χ2n) is 31.4. The standard InChI is InChI=1S/C23H20O3.C16H15FO2.C16H14O2.C15H13FO2.C15H12O3.C14H11FO2/c1-16-7-9-19-20-10-8-18(25-13-17-5-3-2-4-6-17)12-22(20)26-23(14-24-15-23)21(19)11-16;1-9-4-5-10-11-7-13(17)14(18)8-15(11)19-16(2,3)12(10)6-9;1-11-6-7-12-13-4-2-3-5-15(13)18-16(9-17-10-16)14(12)8-11;1-8-3-4-10-11(5-8)9(2)18-15-7-14(17)13(16)6-12(10)15;16-10-5-6-12-11-3-1-2-4-13(11)15(8-17-9-15)18-14(12)7-10;1-8-2-3-10-9(4-8)7-17-14-6-13(16)12(15)5-11(10)14/h2-12H,13-15H2,1H3;4-8,18H,1-3H3;2-8H,9-10H2,1H3;3-7,9,17H,1-2H3;1-7,16H,8-9H2;2-6,16H,7H2,1H3. The van der Waals surface area contributed by atoms with Gasteiger partial charge in [-0.15, -0.1) is 0 Å². The van der Waals surface area contributed by atoms with Crippen molar-refractivity contribution in [2.24, 2.45) is 0 Å². The maximum absolute atomic E-state index is 13.6. The van der Waals surface area contributed by atoms with Crippen LogP contribution in [0.15, 0.2) is 243 Å². The molecule has 14 nitrogen and oxygen atoms in total. The third-order valence-corrected chi connectivity index (χ3v) is 22.4. The summed E-state index contributed by atoms with van der Waals surface area (Å²) in [5.41, 5.74) is 24.4. The normalized spacial score (nSPS) is 16.3. The zero-order valence-corrected chi connectivity index (χ0v) is 65.3. The topological polar surface area (TPSA) is 173 Å². The van der Waals surface area contributed by atoms with E-state index in [1.807, 2.05) is 151 Å². The molecule has 1 atom stereocenters. The molecule has 0 saturated carbocycles. The van der Waals surface area contributed by atoms with E-state index >= 15 is 0 Å². The highest BCUT2D eigenvalue weighted by atomic mass is 19.1. The Labute approximate surface area is 671 Å². The molecule has 22 rings (SSSR count). The number of para-hydroxylation sites is 1. The minimum atomic E-state index is -0.631. The molecule has 0 bridgehead atoms. The Hall–Kier alpha value is -12.7. The minimum absolute atomic E-state index is 0.0998. The van der Waals surface area contributed by atoms with E-state index in [1.54, 1.807) is 12.1 Å². The van der Waals surface area contributed by atoms with Gasteiger partial charge in [0.25, 0.3) is 0 Å². The first-order valence-electron chi connectivity index (χ1n) is 38.6. The number of hydrogen-bond acceptors (Lipinski definition) is 14. The molecule has 0 radical (unpaired) electrons. The lowest BCUT2D eigenvalue weighted by Gasteiger charge is -2.45. The Bertz CT molecular complexity index is 6000. The molecule has 3 fully saturated rings. The quantitative estimate of drug-likeness (QED) is 0.132. The van der Waals surface area contributed by atoms with Crippen LogP contribution in [0, 0.1) is 52.1 Å². The van der Waals surface area contributed by atoms with Crippen molar-refractivity contribution in [2.75, 3.05) is 39.6 Å². The molecule has 1 unspecified atom stereocenters. The summed E-state index contributed by atoms with van der Waals surface area (Å²) in [7, 11) is 0. The van der Waals surface area contributed by atoms with Gasteiger partial charge in [0.15, 0.2) is 51.5 Å². The summed E-state index contributed by atoms with van der Waals surface area (Å²) in [5, 5.41) is 37.8. The first-order chi connectivity index (χ1) is 55.9. The van der Waals surface area contributed by atoms with Crippen LogP contribution in [0.4, 0.5) is 13.2 Å². The van der Waals surface area contributed by atoms with E-state index in [0.29, 0.717) is 86.8 Å². The van der Waals surface area contributed by atoms with E-state index in [0.717, 1.165) is 89.8 Å². The number of ether oxygens (including phenoxy) is 10. The Kier molecular flexibility index (Phi) is 19.8. The van der Waals surface area contributed by atoms with E-state index in [1.165, 1.54) is 86.5 Å². The summed E-state index contributed by atoms with van der Waals surface area (Å²) in [6.07, 6.45) is -0.0998.